The standard InChI is InChI=1S/C26H22ClFN4O2/c1-16-13-34-25(31-16)11-17-5-7-23-21(10-17)26(30-15-29-23)32-20-6-8-24(22(27)12-20)33-14-18-3-2-4-19(28)9-18/h2-10,12,15-16H,11,13-14H2,1H3,(H,29,30,32)/t16-/m0/s1. The van der Waals surface area contributed by atoms with Crippen LogP contribution in [0.3, 0.4) is 0 Å². The smallest absolute Gasteiger partial charge is 0.188 e. The van der Waals surface area contributed by atoms with E-state index in [0.717, 1.165) is 33.6 Å². The van der Waals surface area contributed by atoms with Crippen molar-refractivity contribution in [2.45, 2.75) is 26.0 Å². The maximum Gasteiger partial charge on any atom is 0.188 e. The highest BCUT2D eigenvalue weighted by atomic mass is 35.5. The second-order valence-corrected chi connectivity index (χ2v) is 8.53. The number of fused-ring (bicyclic) bond motifs is 1. The van der Waals surface area contributed by atoms with Gasteiger partial charge in [-0.2, -0.15) is 0 Å². The van der Waals surface area contributed by atoms with Crippen LogP contribution >= 0.6 is 11.6 Å². The summed E-state index contributed by atoms with van der Waals surface area (Å²) in [6.07, 6.45) is 2.14. The summed E-state index contributed by atoms with van der Waals surface area (Å²) in [6, 6.07) is 17.9. The van der Waals surface area contributed by atoms with Crippen LogP contribution in [-0.2, 0) is 17.8 Å². The van der Waals surface area contributed by atoms with E-state index in [1.54, 1.807) is 24.3 Å². The van der Waals surface area contributed by atoms with Crippen molar-refractivity contribution in [1.82, 2.24) is 9.97 Å². The Balaban J connectivity index is 1.33. The Morgan fingerprint density at radius 2 is 2.00 bits per heavy atom. The van der Waals surface area contributed by atoms with E-state index in [1.807, 2.05) is 31.2 Å². The molecule has 0 saturated heterocycles. The van der Waals surface area contributed by atoms with Crippen molar-refractivity contribution in [3.8, 4) is 5.75 Å². The molecule has 1 atom stereocenters. The van der Waals surface area contributed by atoms with Crippen LogP contribution in [0, 0.1) is 5.82 Å². The topological polar surface area (TPSA) is 68.6 Å². The van der Waals surface area contributed by atoms with Crippen molar-refractivity contribution in [1.29, 1.82) is 0 Å². The van der Waals surface area contributed by atoms with Gasteiger partial charge >= 0.3 is 0 Å². The molecule has 3 aromatic carbocycles. The minimum Gasteiger partial charge on any atom is -0.487 e. The summed E-state index contributed by atoms with van der Waals surface area (Å²) in [6.45, 7) is 2.88. The predicted octanol–water partition coefficient (Wildman–Crippen LogP) is 6.10. The molecule has 1 aliphatic heterocycles. The van der Waals surface area contributed by atoms with Crippen LogP contribution in [0.4, 0.5) is 15.9 Å². The van der Waals surface area contributed by atoms with Crippen molar-refractivity contribution < 1.29 is 13.9 Å². The number of nitrogens with zero attached hydrogens (tertiary/aromatic N) is 3. The van der Waals surface area contributed by atoms with Crippen LogP contribution in [0.2, 0.25) is 5.02 Å². The molecule has 6 nitrogen and oxygen atoms in total. The number of ether oxygens (including phenoxy) is 2. The van der Waals surface area contributed by atoms with Crippen molar-refractivity contribution >= 4 is 39.9 Å². The first-order chi connectivity index (χ1) is 16.5. The number of anilines is 2. The molecule has 2 heterocycles. The molecule has 5 rings (SSSR count). The predicted molar refractivity (Wildman–Crippen MR) is 132 cm³/mol. The lowest BCUT2D eigenvalue weighted by molar-refractivity contribution is 0.306. The van der Waals surface area contributed by atoms with E-state index in [9.17, 15) is 4.39 Å². The zero-order chi connectivity index (χ0) is 23.5. The number of aliphatic imine (C=N–C) groups is 1. The van der Waals surface area contributed by atoms with E-state index in [0.29, 0.717) is 29.6 Å². The number of aromatic nitrogens is 2. The first-order valence-corrected chi connectivity index (χ1v) is 11.3. The summed E-state index contributed by atoms with van der Waals surface area (Å²) in [4.78, 5) is 13.3. The molecular weight excluding hydrogens is 455 g/mol. The molecule has 0 unspecified atom stereocenters. The molecule has 0 fully saturated rings. The molecule has 4 aromatic rings. The average molecular weight is 477 g/mol. The number of rotatable bonds is 7. The molecule has 0 amide bonds. The molecule has 34 heavy (non-hydrogen) atoms. The van der Waals surface area contributed by atoms with Gasteiger partial charge in [-0.05, 0) is 60.5 Å². The molecule has 0 radical (unpaired) electrons. The maximum atomic E-state index is 13.4. The Bertz CT molecular complexity index is 1380. The van der Waals surface area contributed by atoms with E-state index in [-0.39, 0.29) is 18.5 Å². The summed E-state index contributed by atoms with van der Waals surface area (Å²) < 4.78 is 24.8. The average Bonchev–Trinajstić information content (AvgIpc) is 3.23. The van der Waals surface area contributed by atoms with Crippen LogP contribution in [0.1, 0.15) is 18.1 Å². The third kappa shape index (κ3) is 5.10. The Labute approximate surface area is 201 Å². The second-order valence-electron chi connectivity index (χ2n) is 8.12. The largest absolute Gasteiger partial charge is 0.487 e. The fourth-order valence-corrected chi connectivity index (χ4v) is 3.98. The minimum atomic E-state index is -0.301. The van der Waals surface area contributed by atoms with Gasteiger partial charge in [0.25, 0.3) is 0 Å². The third-order valence-corrected chi connectivity index (χ3v) is 5.68. The number of halogens is 2. The van der Waals surface area contributed by atoms with Gasteiger partial charge in [0.05, 0.1) is 16.6 Å². The van der Waals surface area contributed by atoms with Crippen molar-refractivity contribution in [3.63, 3.8) is 0 Å². The molecule has 8 heteroatoms. The highest BCUT2D eigenvalue weighted by molar-refractivity contribution is 6.32. The summed E-state index contributed by atoms with van der Waals surface area (Å²) in [5, 5.41) is 4.64. The lowest BCUT2D eigenvalue weighted by Gasteiger charge is -2.12. The third-order valence-electron chi connectivity index (χ3n) is 5.39. The second kappa shape index (κ2) is 9.65. The fourth-order valence-electron chi connectivity index (χ4n) is 3.74. The zero-order valence-electron chi connectivity index (χ0n) is 18.5. The van der Waals surface area contributed by atoms with E-state index >= 15 is 0 Å². The molecule has 172 valence electrons. The van der Waals surface area contributed by atoms with Crippen molar-refractivity contribution in [3.05, 3.63) is 89.0 Å². The molecule has 1 aromatic heterocycles. The molecule has 0 saturated carbocycles. The molecule has 0 bridgehead atoms. The van der Waals surface area contributed by atoms with Gasteiger partial charge < -0.3 is 14.8 Å². The zero-order valence-corrected chi connectivity index (χ0v) is 19.2. The first kappa shape index (κ1) is 22.1. The molecular formula is C26H22ClFN4O2. The highest BCUT2D eigenvalue weighted by Gasteiger charge is 2.15. The minimum absolute atomic E-state index is 0.196. The van der Waals surface area contributed by atoms with Gasteiger partial charge in [-0.15, -0.1) is 0 Å². The van der Waals surface area contributed by atoms with Gasteiger partial charge in [-0.3, -0.25) is 0 Å². The monoisotopic (exact) mass is 476 g/mol. The van der Waals surface area contributed by atoms with Gasteiger partial charge in [-0.25, -0.2) is 19.4 Å². The Kier molecular flexibility index (Phi) is 6.27. The van der Waals surface area contributed by atoms with Gasteiger partial charge in [0.15, 0.2) is 5.90 Å². The summed E-state index contributed by atoms with van der Waals surface area (Å²) >= 11 is 6.44. The SMILES string of the molecule is C[C@H]1COC(Cc2ccc3ncnc(Nc4ccc(OCc5cccc(F)c5)c(Cl)c4)c3c2)=N1. The van der Waals surface area contributed by atoms with Crippen LogP contribution in [0.15, 0.2) is 72.0 Å². The number of hydrogen-bond donors (Lipinski definition) is 1. The first-order valence-electron chi connectivity index (χ1n) is 10.9. The van der Waals surface area contributed by atoms with Crippen LogP contribution in [0.25, 0.3) is 10.9 Å². The molecule has 0 aliphatic carbocycles. The van der Waals surface area contributed by atoms with E-state index in [4.69, 9.17) is 21.1 Å². The number of nitrogens with one attached hydrogen (secondary N) is 1. The van der Waals surface area contributed by atoms with Crippen LogP contribution in [0.5, 0.6) is 5.75 Å². The summed E-state index contributed by atoms with van der Waals surface area (Å²) in [7, 11) is 0. The molecule has 1 aliphatic rings. The van der Waals surface area contributed by atoms with Gasteiger partial charge in [0, 0.05) is 17.5 Å². The fraction of sp³-hybridized carbons (Fsp3) is 0.192. The van der Waals surface area contributed by atoms with Gasteiger partial charge in [0.2, 0.25) is 0 Å². The Morgan fingerprint density at radius 3 is 2.79 bits per heavy atom. The van der Waals surface area contributed by atoms with Gasteiger partial charge in [-0.1, -0.05) is 29.8 Å². The number of hydrogen-bond acceptors (Lipinski definition) is 6. The molecule has 1 N–H and O–H groups in total. The molecule has 0 spiro atoms. The van der Waals surface area contributed by atoms with E-state index in [1.165, 1.54) is 18.5 Å². The van der Waals surface area contributed by atoms with E-state index in [2.05, 4.69) is 20.3 Å². The summed E-state index contributed by atoms with van der Waals surface area (Å²) in [5.41, 5.74) is 3.37. The van der Waals surface area contributed by atoms with Crippen molar-refractivity contribution in [2.75, 3.05) is 11.9 Å². The normalized spacial score (nSPS) is 15.1. The number of benzene rings is 3. The van der Waals surface area contributed by atoms with Crippen LogP contribution < -0.4 is 10.1 Å². The van der Waals surface area contributed by atoms with Crippen molar-refractivity contribution in [2.24, 2.45) is 4.99 Å². The Hall–Kier alpha value is -3.71. The Morgan fingerprint density at radius 1 is 1.09 bits per heavy atom. The quantitative estimate of drug-likeness (QED) is 0.349. The lowest BCUT2D eigenvalue weighted by atomic mass is 10.1. The maximum absolute atomic E-state index is 13.4. The highest BCUT2D eigenvalue weighted by Crippen LogP contribution is 2.31. The summed E-state index contributed by atoms with van der Waals surface area (Å²) in [5.74, 6) is 1.63. The van der Waals surface area contributed by atoms with Gasteiger partial charge in [0.1, 0.15) is 36.9 Å². The van der Waals surface area contributed by atoms with E-state index < -0.39 is 0 Å². The lowest BCUT2D eigenvalue weighted by Crippen LogP contribution is -2.04. The van der Waals surface area contributed by atoms with Crippen LogP contribution in [-0.4, -0.2) is 28.5 Å².